The van der Waals surface area contributed by atoms with E-state index in [0.717, 1.165) is 27.1 Å². The molecule has 96 valence electrons. The highest BCUT2D eigenvalue weighted by Gasteiger charge is 2.19. The molecule has 0 bridgehead atoms. The van der Waals surface area contributed by atoms with E-state index in [9.17, 15) is 10.2 Å². The third kappa shape index (κ3) is 1.85. The van der Waals surface area contributed by atoms with Crippen LogP contribution >= 0.6 is 0 Å². The summed E-state index contributed by atoms with van der Waals surface area (Å²) in [6.45, 7) is 3.55. The number of benzene rings is 3. The van der Waals surface area contributed by atoms with Crippen molar-refractivity contribution in [1.82, 2.24) is 0 Å². The van der Waals surface area contributed by atoms with Crippen LogP contribution in [-0.4, -0.2) is 10.2 Å². The standard InChI is InChI=1S/C17H16O2/c1-17(2,19)14-7-4-6-13-12(14)10-9-11-5-3-8-15(18)16(11)13/h3-10,18-19H,1-2H3. The van der Waals surface area contributed by atoms with Gasteiger partial charge in [0.15, 0.2) is 0 Å². The van der Waals surface area contributed by atoms with Crippen LogP contribution < -0.4 is 0 Å². The average Bonchev–Trinajstić information content (AvgIpc) is 2.36. The van der Waals surface area contributed by atoms with Crippen molar-refractivity contribution >= 4 is 21.5 Å². The Morgan fingerprint density at radius 2 is 1.58 bits per heavy atom. The topological polar surface area (TPSA) is 40.5 Å². The zero-order valence-corrected chi connectivity index (χ0v) is 11.0. The zero-order chi connectivity index (χ0) is 13.6. The Kier molecular flexibility index (Phi) is 2.51. The highest BCUT2D eigenvalue weighted by molar-refractivity contribution is 6.11. The van der Waals surface area contributed by atoms with E-state index in [1.165, 1.54) is 0 Å². The summed E-state index contributed by atoms with van der Waals surface area (Å²) in [5, 5.41) is 24.1. The molecule has 0 aliphatic carbocycles. The van der Waals surface area contributed by atoms with E-state index in [1.807, 2.05) is 42.5 Å². The highest BCUT2D eigenvalue weighted by atomic mass is 16.3. The van der Waals surface area contributed by atoms with Crippen molar-refractivity contribution in [2.24, 2.45) is 0 Å². The smallest absolute Gasteiger partial charge is 0.124 e. The second kappa shape index (κ2) is 3.97. The summed E-state index contributed by atoms with van der Waals surface area (Å²) >= 11 is 0. The van der Waals surface area contributed by atoms with E-state index in [0.29, 0.717) is 0 Å². The van der Waals surface area contributed by atoms with E-state index in [-0.39, 0.29) is 5.75 Å². The number of hydrogen-bond acceptors (Lipinski definition) is 2. The van der Waals surface area contributed by atoms with Gasteiger partial charge in [-0.05, 0) is 41.6 Å². The molecule has 3 aromatic rings. The first-order chi connectivity index (χ1) is 8.98. The van der Waals surface area contributed by atoms with Gasteiger partial charge in [-0.2, -0.15) is 0 Å². The molecule has 0 fully saturated rings. The Morgan fingerprint density at radius 3 is 2.32 bits per heavy atom. The van der Waals surface area contributed by atoms with Crippen molar-refractivity contribution in [3.8, 4) is 5.75 Å². The predicted molar refractivity (Wildman–Crippen MR) is 78.4 cm³/mol. The van der Waals surface area contributed by atoms with Gasteiger partial charge in [0.05, 0.1) is 5.60 Å². The van der Waals surface area contributed by atoms with Crippen molar-refractivity contribution in [2.45, 2.75) is 19.4 Å². The first-order valence-electron chi connectivity index (χ1n) is 6.35. The van der Waals surface area contributed by atoms with Gasteiger partial charge < -0.3 is 10.2 Å². The fraction of sp³-hybridized carbons (Fsp3) is 0.176. The molecule has 2 nitrogen and oxygen atoms in total. The molecule has 0 saturated carbocycles. The van der Waals surface area contributed by atoms with Crippen molar-refractivity contribution in [3.63, 3.8) is 0 Å². The summed E-state index contributed by atoms with van der Waals surface area (Å²) in [7, 11) is 0. The van der Waals surface area contributed by atoms with Crippen LogP contribution in [0.1, 0.15) is 19.4 Å². The maximum Gasteiger partial charge on any atom is 0.124 e. The Labute approximate surface area is 111 Å². The molecule has 0 amide bonds. The van der Waals surface area contributed by atoms with Gasteiger partial charge in [-0.3, -0.25) is 0 Å². The van der Waals surface area contributed by atoms with Gasteiger partial charge in [-0.15, -0.1) is 0 Å². The fourth-order valence-corrected chi connectivity index (χ4v) is 2.66. The van der Waals surface area contributed by atoms with Gasteiger partial charge in [0.1, 0.15) is 5.75 Å². The monoisotopic (exact) mass is 252 g/mol. The highest BCUT2D eigenvalue weighted by Crippen LogP contribution is 2.36. The molecule has 0 saturated heterocycles. The lowest BCUT2D eigenvalue weighted by Crippen LogP contribution is -2.15. The molecule has 3 rings (SSSR count). The Morgan fingerprint density at radius 1 is 0.842 bits per heavy atom. The molecule has 0 aliphatic heterocycles. The van der Waals surface area contributed by atoms with Gasteiger partial charge in [0.2, 0.25) is 0 Å². The lowest BCUT2D eigenvalue weighted by Gasteiger charge is -2.20. The van der Waals surface area contributed by atoms with E-state index >= 15 is 0 Å². The van der Waals surface area contributed by atoms with Crippen molar-refractivity contribution < 1.29 is 10.2 Å². The van der Waals surface area contributed by atoms with Gasteiger partial charge in [0, 0.05) is 5.39 Å². The third-order valence-corrected chi connectivity index (χ3v) is 3.54. The van der Waals surface area contributed by atoms with Crippen LogP contribution in [0.4, 0.5) is 0 Å². The van der Waals surface area contributed by atoms with Crippen LogP contribution in [0.25, 0.3) is 21.5 Å². The number of hydrogen-bond donors (Lipinski definition) is 2. The normalized spacial score (nSPS) is 12.2. The maximum atomic E-state index is 10.3. The molecule has 0 heterocycles. The Bertz CT molecular complexity index is 767. The Hall–Kier alpha value is -2.06. The Balaban J connectivity index is 2.52. The molecule has 3 aromatic carbocycles. The second-order valence-electron chi connectivity index (χ2n) is 5.40. The summed E-state index contributed by atoms with van der Waals surface area (Å²) in [4.78, 5) is 0. The molecule has 0 unspecified atom stereocenters. The van der Waals surface area contributed by atoms with Gasteiger partial charge >= 0.3 is 0 Å². The summed E-state index contributed by atoms with van der Waals surface area (Å²) in [6, 6.07) is 15.3. The lowest BCUT2D eigenvalue weighted by molar-refractivity contribution is 0.0802. The number of fused-ring (bicyclic) bond motifs is 3. The zero-order valence-electron chi connectivity index (χ0n) is 11.0. The van der Waals surface area contributed by atoms with Crippen LogP contribution in [-0.2, 0) is 5.60 Å². The van der Waals surface area contributed by atoms with Crippen LogP contribution in [0.3, 0.4) is 0 Å². The van der Waals surface area contributed by atoms with Crippen LogP contribution in [0.5, 0.6) is 5.75 Å². The number of phenolic OH excluding ortho intramolecular Hbond substituents is 1. The number of phenols is 1. The fourth-order valence-electron chi connectivity index (χ4n) is 2.66. The molecular formula is C17H16O2. The molecule has 2 N–H and O–H groups in total. The van der Waals surface area contributed by atoms with Crippen molar-refractivity contribution in [3.05, 3.63) is 54.1 Å². The quantitative estimate of drug-likeness (QED) is 0.644. The number of aromatic hydroxyl groups is 1. The second-order valence-corrected chi connectivity index (χ2v) is 5.40. The average molecular weight is 252 g/mol. The van der Waals surface area contributed by atoms with Gasteiger partial charge in [-0.1, -0.05) is 42.5 Å². The molecule has 0 aromatic heterocycles. The summed E-state index contributed by atoms with van der Waals surface area (Å²) in [5.74, 6) is 0.274. The van der Waals surface area contributed by atoms with E-state index in [4.69, 9.17) is 0 Å². The molecule has 0 aliphatic rings. The summed E-state index contributed by atoms with van der Waals surface area (Å²) in [6.07, 6.45) is 0. The minimum atomic E-state index is -0.905. The lowest BCUT2D eigenvalue weighted by atomic mass is 9.90. The number of rotatable bonds is 1. The van der Waals surface area contributed by atoms with Crippen LogP contribution in [0.2, 0.25) is 0 Å². The van der Waals surface area contributed by atoms with E-state index in [1.54, 1.807) is 19.9 Å². The molecule has 2 heteroatoms. The largest absolute Gasteiger partial charge is 0.507 e. The SMILES string of the molecule is CC(C)(O)c1cccc2c1ccc1cccc(O)c12. The minimum absolute atomic E-state index is 0.274. The number of aliphatic hydroxyl groups is 1. The molecule has 0 atom stereocenters. The van der Waals surface area contributed by atoms with Crippen molar-refractivity contribution in [1.29, 1.82) is 0 Å². The van der Waals surface area contributed by atoms with Gasteiger partial charge in [-0.25, -0.2) is 0 Å². The van der Waals surface area contributed by atoms with E-state index in [2.05, 4.69) is 0 Å². The predicted octanol–water partition coefficient (Wildman–Crippen LogP) is 3.93. The molecule has 0 spiro atoms. The summed E-state index contributed by atoms with van der Waals surface area (Å²) < 4.78 is 0. The van der Waals surface area contributed by atoms with Crippen LogP contribution in [0.15, 0.2) is 48.5 Å². The molecular weight excluding hydrogens is 236 g/mol. The van der Waals surface area contributed by atoms with Crippen LogP contribution in [0, 0.1) is 0 Å². The molecule has 0 radical (unpaired) electrons. The first kappa shape index (κ1) is 12.0. The van der Waals surface area contributed by atoms with Gasteiger partial charge in [0.25, 0.3) is 0 Å². The third-order valence-electron chi connectivity index (χ3n) is 3.54. The first-order valence-corrected chi connectivity index (χ1v) is 6.35. The summed E-state index contributed by atoms with van der Waals surface area (Å²) in [5.41, 5.74) is -0.0347. The van der Waals surface area contributed by atoms with Crippen molar-refractivity contribution in [2.75, 3.05) is 0 Å². The maximum absolute atomic E-state index is 10.3. The van der Waals surface area contributed by atoms with E-state index < -0.39 is 5.60 Å². The molecule has 19 heavy (non-hydrogen) atoms. The minimum Gasteiger partial charge on any atom is -0.507 e.